The molecule has 0 spiro atoms. The summed E-state index contributed by atoms with van der Waals surface area (Å²) in [6.07, 6.45) is 2.78. The Labute approximate surface area is 123 Å². The number of hydrogen-bond donors (Lipinski definition) is 1. The molecule has 0 bridgehead atoms. The quantitative estimate of drug-likeness (QED) is 0.919. The number of anilines is 1. The molecule has 2 rings (SSSR count). The summed E-state index contributed by atoms with van der Waals surface area (Å²) in [5.74, 6) is 0.0753. The summed E-state index contributed by atoms with van der Waals surface area (Å²) in [5, 5.41) is 2.06. The van der Waals surface area contributed by atoms with Crippen molar-refractivity contribution >= 4 is 22.9 Å². The van der Waals surface area contributed by atoms with Crippen LogP contribution in [0.5, 0.6) is 0 Å². The van der Waals surface area contributed by atoms with Crippen molar-refractivity contribution < 1.29 is 4.79 Å². The van der Waals surface area contributed by atoms with E-state index in [0.717, 1.165) is 12.1 Å². The molecule has 0 saturated heterocycles. The fourth-order valence-electron chi connectivity index (χ4n) is 1.92. The average molecular weight is 289 g/mol. The third-order valence-corrected chi connectivity index (χ3v) is 4.21. The first-order valence-corrected chi connectivity index (χ1v) is 7.42. The van der Waals surface area contributed by atoms with Crippen LogP contribution in [0.2, 0.25) is 0 Å². The fraction of sp³-hybridized carbons (Fsp3) is 0.333. The number of nitrogens with zero attached hydrogens (tertiary/aromatic N) is 2. The molecule has 2 aromatic heterocycles. The minimum Gasteiger partial charge on any atom is -0.397 e. The zero-order chi connectivity index (χ0) is 14.5. The topological polar surface area (TPSA) is 59.2 Å². The minimum absolute atomic E-state index is 0.0753. The summed E-state index contributed by atoms with van der Waals surface area (Å²) in [6, 6.07) is 7.87. The molecule has 0 fully saturated rings. The number of pyridine rings is 1. The van der Waals surface area contributed by atoms with E-state index in [-0.39, 0.29) is 11.9 Å². The number of aromatic nitrogens is 1. The molecule has 20 heavy (non-hydrogen) atoms. The lowest BCUT2D eigenvalue weighted by molar-refractivity contribution is -0.130. The first-order valence-electron chi connectivity index (χ1n) is 6.54. The van der Waals surface area contributed by atoms with E-state index in [4.69, 9.17) is 5.73 Å². The van der Waals surface area contributed by atoms with Gasteiger partial charge in [-0.05, 0) is 30.5 Å². The van der Waals surface area contributed by atoms with Crippen LogP contribution in [0, 0.1) is 0 Å². The lowest BCUT2D eigenvalue weighted by Crippen LogP contribution is -2.37. The number of nitrogen functional groups attached to an aromatic ring is 1. The Morgan fingerprint density at radius 3 is 2.85 bits per heavy atom. The highest BCUT2D eigenvalue weighted by atomic mass is 32.1. The zero-order valence-electron chi connectivity index (χ0n) is 11.7. The molecule has 1 amide bonds. The van der Waals surface area contributed by atoms with Crippen LogP contribution in [0.15, 0.2) is 35.8 Å². The van der Waals surface area contributed by atoms with E-state index < -0.39 is 0 Å². The van der Waals surface area contributed by atoms with Crippen molar-refractivity contribution in [1.29, 1.82) is 0 Å². The van der Waals surface area contributed by atoms with Gasteiger partial charge in [-0.3, -0.25) is 9.78 Å². The number of thiophene rings is 1. The molecule has 2 N–H and O–H groups in total. The summed E-state index contributed by atoms with van der Waals surface area (Å²) < 4.78 is 0. The molecule has 0 radical (unpaired) electrons. The van der Waals surface area contributed by atoms with Gasteiger partial charge in [0.25, 0.3) is 0 Å². The predicted octanol–water partition coefficient (Wildman–Crippen LogP) is 2.36. The lowest BCUT2D eigenvalue weighted by atomic mass is 10.1. The molecule has 5 heteroatoms. The molecule has 4 nitrogen and oxygen atoms in total. The number of carbonyl (C=O) groups excluding carboxylic acids is 1. The Balaban J connectivity index is 1.92. The van der Waals surface area contributed by atoms with Gasteiger partial charge in [0.2, 0.25) is 5.91 Å². The van der Waals surface area contributed by atoms with E-state index in [1.165, 1.54) is 4.88 Å². The number of rotatable bonds is 5. The molecule has 0 saturated carbocycles. The largest absolute Gasteiger partial charge is 0.397 e. The van der Waals surface area contributed by atoms with E-state index in [1.807, 2.05) is 13.1 Å². The van der Waals surface area contributed by atoms with Crippen molar-refractivity contribution in [1.82, 2.24) is 9.88 Å². The molecule has 2 aromatic rings. The van der Waals surface area contributed by atoms with Crippen molar-refractivity contribution in [3.63, 3.8) is 0 Å². The monoisotopic (exact) mass is 289 g/mol. The lowest BCUT2D eigenvalue weighted by Gasteiger charge is -2.24. The second-order valence-electron chi connectivity index (χ2n) is 4.90. The van der Waals surface area contributed by atoms with Crippen LogP contribution < -0.4 is 5.73 Å². The van der Waals surface area contributed by atoms with Crippen LogP contribution in [0.1, 0.15) is 17.5 Å². The number of likely N-dealkylation sites (N-methyl/N-ethyl adjacent to an activating group) is 1. The third kappa shape index (κ3) is 3.81. The van der Waals surface area contributed by atoms with Gasteiger partial charge in [-0.15, -0.1) is 11.3 Å². The smallest absolute Gasteiger partial charge is 0.228 e. The Morgan fingerprint density at radius 2 is 2.25 bits per heavy atom. The Kier molecular flexibility index (Phi) is 4.74. The van der Waals surface area contributed by atoms with Crippen LogP contribution in [0.25, 0.3) is 0 Å². The van der Waals surface area contributed by atoms with Crippen LogP contribution in [-0.2, 0) is 17.6 Å². The molecule has 2 heterocycles. The van der Waals surface area contributed by atoms with E-state index in [1.54, 1.807) is 34.6 Å². The van der Waals surface area contributed by atoms with Gasteiger partial charge < -0.3 is 10.6 Å². The average Bonchev–Trinajstić information content (AvgIpc) is 2.93. The van der Waals surface area contributed by atoms with Crippen molar-refractivity contribution in [2.45, 2.75) is 25.8 Å². The maximum atomic E-state index is 12.2. The summed E-state index contributed by atoms with van der Waals surface area (Å²) >= 11 is 1.72. The third-order valence-electron chi connectivity index (χ3n) is 3.31. The van der Waals surface area contributed by atoms with Gasteiger partial charge >= 0.3 is 0 Å². The second-order valence-corrected chi connectivity index (χ2v) is 5.93. The van der Waals surface area contributed by atoms with Gasteiger partial charge in [-0.2, -0.15) is 0 Å². The molecule has 106 valence electrons. The summed E-state index contributed by atoms with van der Waals surface area (Å²) in [7, 11) is 1.85. The highest BCUT2D eigenvalue weighted by Gasteiger charge is 2.17. The molecule has 0 aliphatic rings. The fourth-order valence-corrected chi connectivity index (χ4v) is 2.75. The zero-order valence-corrected chi connectivity index (χ0v) is 12.6. The van der Waals surface area contributed by atoms with Gasteiger partial charge in [0.1, 0.15) is 0 Å². The summed E-state index contributed by atoms with van der Waals surface area (Å²) in [5.41, 5.74) is 6.95. The van der Waals surface area contributed by atoms with Crippen molar-refractivity contribution in [2.75, 3.05) is 12.8 Å². The number of hydrogen-bond acceptors (Lipinski definition) is 4. The van der Waals surface area contributed by atoms with Crippen LogP contribution in [0.4, 0.5) is 5.69 Å². The van der Waals surface area contributed by atoms with Crippen LogP contribution >= 0.6 is 11.3 Å². The minimum atomic E-state index is 0.0753. The standard InChI is InChI=1S/C15H19N3OS/c1-11(8-14-4-3-7-20-14)18(2)15(19)9-13-6-5-12(16)10-17-13/h3-7,10-11H,8-9,16H2,1-2H3. The van der Waals surface area contributed by atoms with Crippen LogP contribution in [-0.4, -0.2) is 28.9 Å². The molecule has 0 aliphatic heterocycles. The van der Waals surface area contributed by atoms with Gasteiger partial charge in [-0.1, -0.05) is 6.07 Å². The van der Waals surface area contributed by atoms with E-state index in [0.29, 0.717) is 12.1 Å². The Bertz CT molecular complexity index is 551. The Morgan fingerprint density at radius 1 is 1.45 bits per heavy atom. The van der Waals surface area contributed by atoms with Gasteiger partial charge in [0.05, 0.1) is 18.3 Å². The van der Waals surface area contributed by atoms with E-state index >= 15 is 0 Å². The first kappa shape index (κ1) is 14.5. The SMILES string of the molecule is CC(Cc1cccs1)N(C)C(=O)Cc1ccc(N)cn1. The summed E-state index contributed by atoms with van der Waals surface area (Å²) in [4.78, 5) is 19.5. The van der Waals surface area contributed by atoms with Crippen molar-refractivity contribution in [3.05, 3.63) is 46.4 Å². The number of nitrogens with two attached hydrogens (primary N) is 1. The first-order chi connectivity index (χ1) is 9.56. The maximum Gasteiger partial charge on any atom is 0.228 e. The summed E-state index contributed by atoms with van der Waals surface area (Å²) in [6.45, 7) is 2.06. The van der Waals surface area contributed by atoms with Gasteiger partial charge in [-0.25, -0.2) is 0 Å². The Hall–Kier alpha value is -1.88. The predicted molar refractivity (Wildman–Crippen MR) is 82.6 cm³/mol. The molecule has 0 aliphatic carbocycles. The highest BCUT2D eigenvalue weighted by molar-refractivity contribution is 7.09. The molecule has 1 atom stereocenters. The molecular weight excluding hydrogens is 270 g/mol. The van der Waals surface area contributed by atoms with Gasteiger partial charge in [0.15, 0.2) is 0 Å². The molecular formula is C15H19N3OS. The highest BCUT2D eigenvalue weighted by Crippen LogP contribution is 2.14. The van der Waals surface area contributed by atoms with E-state index in [2.05, 4.69) is 23.4 Å². The van der Waals surface area contributed by atoms with Crippen molar-refractivity contribution in [2.24, 2.45) is 0 Å². The van der Waals surface area contributed by atoms with E-state index in [9.17, 15) is 4.79 Å². The maximum absolute atomic E-state index is 12.2. The van der Waals surface area contributed by atoms with Crippen molar-refractivity contribution in [3.8, 4) is 0 Å². The molecule has 1 unspecified atom stereocenters. The van der Waals surface area contributed by atoms with Crippen LogP contribution in [0.3, 0.4) is 0 Å². The number of carbonyl (C=O) groups is 1. The molecule has 0 aromatic carbocycles. The number of amides is 1. The second kappa shape index (κ2) is 6.52. The normalized spacial score (nSPS) is 12.1. The van der Waals surface area contributed by atoms with Gasteiger partial charge in [0, 0.05) is 30.1 Å².